The molecular weight excluding hydrogens is 208 g/mol. The number of fused-ring (bicyclic) bond motifs is 1. The Labute approximate surface area is 84.7 Å². The molecule has 14 heavy (non-hydrogen) atoms. The van der Waals surface area contributed by atoms with Crippen molar-refractivity contribution in [2.24, 2.45) is 0 Å². The first-order valence-electron chi connectivity index (χ1n) is 4.16. The Morgan fingerprint density at radius 3 is 2.57 bits per heavy atom. The van der Waals surface area contributed by atoms with E-state index in [9.17, 15) is 8.78 Å². The SMILES string of the molecule is Cc1[nH]c2c(F)ccc(F)c2c1CCl. The van der Waals surface area contributed by atoms with E-state index in [2.05, 4.69) is 4.98 Å². The monoisotopic (exact) mass is 215 g/mol. The minimum Gasteiger partial charge on any atom is -0.356 e. The number of halogens is 3. The van der Waals surface area contributed by atoms with E-state index in [0.717, 1.165) is 12.1 Å². The van der Waals surface area contributed by atoms with Gasteiger partial charge in [-0.05, 0) is 24.6 Å². The summed E-state index contributed by atoms with van der Waals surface area (Å²) in [7, 11) is 0. The Balaban J connectivity index is 2.93. The van der Waals surface area contributed by atoms with Gasteiger partial charge in [0.25, 0.3) is 0 Å². The van der Waals surface area contributed by atoms with Gasteiger partial charge in [0.15, 0.2) is 0 Å². The lowest BCUT2D eigenvalue weighted by atomic mass is 10.1. The van der Waals surface area contributed by atoms with Crippen molar-refractivity contribution in [1.29, 1.82) is 0 Å². The van der Waals surface area contributed by atoms with E-state index in [0.29, 0.717) is 11.3 Å². The van der Waals surface area contributed by atoms with Crippen molar-refractivity contribution >= 4 is 22.5 Å². The molecule has 74 valence electrons. The molecule has 0 saturated carbocycles. The molecule has 4 heteroatoms. The Bertz CT molecular complexity index is 490. The van der Waals surface area contributed by atoms with Crippen LogP contribution in [0, 0.1) is 18.6 Å². The van der Waals surface area contributed by atoms with Crippen molar-refractivity contribution in [1.82, 2.24) is 4.98 Å². The van der Waals surface area contributed by atoms with Crippen LogP contribution in [0.5, 0.6) is 0 Å². The molecule has 0 saturated heterocycles. The normalized spacial score (nSPS) is 11.1. The quantitative estimate of drug-likeness (QED) is 0.701. The van der Waals surface area contributed by atoms with E-state index in [1.54, 1.807) is 6.92 Å². The molecule has 0 aliphatic rings. The molecular formula is C10H8ClF2N. The second kappa shape index (κ2) is 3.24. The zero-order valence-corrected chi connectivity index (χ0v) is 8.25. The van der Waals surface area contributed by atoms with Crippen LogP contribution in [-0.2, 0) is 5.88 Å². The maximum atomic E-state index is 13.4. The molecule has 0 aliphatic heterocycles. The molecule has 0 atom stereocenters. The number of nitrogens with one attached hydrogen (secondary N) is 1. The molecule has 0 amide bonds. The van der Waals surface area contributed by atoms with Crippen molar-refractivity contribution < 1.29 is 8.78 Å². The van der Waals surface area contributed by atoms with E-state index in [-0.39, 0.29) is 16.8 Å². The average Bonchev–Trinajstić information content (AvgIpc) is 2.50. The van der Waals surface area contributed by atoms with Gasteiger partial charge in [0.1, 0.15) is 11.6 Å². The van der Waals surface area contributed by atoms with E-state index in [1.165, 1.54) is 0 Å². The zero-order valence-electron chi connectivity index (χ0n) is 7.50. The molecule has 2 rings (SSSR count). The van der Waals surface area contributed by atoms with Crippen LogP contribution in [0.3, 0.4) is 0 Å². The number of rotatable bonds is 1. The molecule has 0 spiro atoms. The fourth-order valence-electron chi connectivity index (χ4n) is 1.59. The molecule has 1 heterocycles. The Morgan fingerprint density at radius 1 is 1.29 bits per heavy atom. The zero-order chi connectivity index (χ0) is 10.3. The molecule has 0 aliphatic carbocycles. The number of hydrogen-bond donors (Lipinski definition) is 1. The Hall–Kier alpha value is -1.09. The summed E-state index contributed by atoms with van der Waals surface area (Å²) in [5.41, 5.74) is 1.52. The lowest BCUT2D eigenvalue weighted by Crippen LogP contribution is -1.84. The number of H-pyrrole nitrogens is 1. The number of alkyl halides is 1. The average molecular weight is 216 g/mol. The van der Waals surface area contributed by atoms with Gasteiger partial charge in [-0.25, -0.2) is 8.78 Å². The van der Waals surface area contributed by atoms with Gasteiger partial charge in [-0.1, -0.05) is 0 Å². The fraction of sp³-hybridized carbons (Fsp3) is 0.200. The maximum absolute atomic E-state index is 13.4. The molecule has 2 aromatic rings. The highest BCUT2D eigenvalue weighted by molar-refractivity contribution is 6.18. The van der Waals surface area contributed by atoms with Crippen molar-refractivity contribution in [2.45, 2.75) is 12.8 Å². The summed E-state index contributed by atoms with van der Waals surface area (Å²) in [4.78, 5) is 2.79. The van der Waals surface area contributed by atoms with Crippen LogP contribution in [0.4, 0.5) is 8.78 Å². The molecule has 0 unspecified atom stereocenters. The van der Waals surface area contributed by atoms with Crippen molar-refractivity contribution in [3.63, 3.8) is 0 Å². The number of hydrogen-bond acceptors (Lipinski definition) is 0. The highest BCUT2D eigenvalue weighted by Crippen LogP contribution is 2.27. The first-order chi connectivity index (χ1) is 6.65. The van der Waals surface area contributed by atoms with Gasteiger partial charge >= 0.3 is 0 Å². The topological polar surface area (TPSA) is 15.8 Å². The summed E-state index contributed by atoms with van der Waals surface area (Å²) in [5.74, 6) is -0.728. The lowest BCUT2D eigenvalue weighted by molar-refractivity contribution is 0.616. The molecule has 1 N–H and O–H groups in total. The number of aromatic nitrogens is 1. The second-order valence-corrected chi connectivity index (χ2v) is 3.41. The van der Waals surface area contributed by atoms with Crippen molar-refractivity contribution in [3.8, 4) is 0 Å². The second-order valence-electron chi connectivity index (χ2n) is 3.14. The number of aryl methyl sites for hydroxylation is 1. The summed E-state index contributed by atoms with van der Waals surface area (Å²) in [6, 6.07) is 2.21. The van der Waals surface area contributed by atoms with Crippen LogP contribution in [0.15, 0.2) is 12.1 Å². The van der Waals surface area contributed by atoms with E-state index >= 15 is 0 Å². The van der Waals surface area contributed by atoms with Crippen LogP contribution in [0.2, 0.25) is 0 Å². The third-order valence-corrected chi connectivity index (χ3v) is 2.57. The predicted molar refractivity (Wildman–Crippen MR) is 52.5 cm³/mol. The molecule has 1 aromatic carbocycles. The molecule has 1 nitrogen and oxygen atoms in total. The third kappa shape index (κ3) is 1.20. The van der Waals surface area contributed by atoms with Crippen LogP contribution >= 0.6 is 11.6 Å². The van der Waals surface area contributed by atoms with E-state index < -0.39 is 11.6 Å². The van der Waals surface area contributed by atoms with Crippen molar-refractivity contribution in [2.75, 3.05) is 0 Å². The van der Waals surface area contributed by atoms with E-state index in [1.807, 2.05) is 0 Å². The van der Waals surface area contributed by atoms with Crippen LogP contribution in [-0.4, -0.2) is 4.98 Å². The first-order valence-corrected chi connectivity index (χ1v) is 4.69. The van der Waals surface area contributed by atoms with Crippen LogP contribution in [0.1, 0.15) is 11.3 Å². The standard InChI is InChI=1S/C10H8ClF2N/c1-5-6(4-11)9-7(12)2-3-8(13)10(9)14-5/h2-3,14H,4H2,1H3. The fourth-order valence-corrected chi connectivity index (χ4v) is 1.92. The van der Waals surface area contributed by atoms with Gasteiger partial charge < -0.3 is 4.98 Å². The smallest absolute Gasteiger partial charge is 0.147 e. The Kier molecular flexibility index (Phi) is 2.19. The summed E-state index contributed by atoms with van der Waals surface area (Å²) >= 11 is 5.67. The summed E-state index contributed by atoms with van der Waals surface area (Å²) < 4.78 is 26.6. The van der Waals surface area contributed by atoms with Crippen molar-refractivity contribution in [3.05, 3.63) is 35.0 Å². The van der Waals surface area contributed by atoms with Crippen LogP contribution < -0.4 is 0 Å². The lowest BCUT2D eigenvalue weighted by Gasteiger charge is -1.96. The van der Waals surface area contributed by atoms with Gasteiger partial charge in [0.2, 0.25) is 0 Å². The number of benzene rings is 1. The van der Waals surface area contributed by atoms with Crippen LogP contribution in [0.25, 0.3) is 10.9 Å². The maximum Gasteiger partial charge on any atom is 0.147 e. The molecule has 0 fully saturated rings. The van der Waals surface area contributed by atoms with Gasteiger partial charge in [0, 0.05) is 17.0 Å². The molecule has 0 bridgehead atoms. The minimum absolute atomic E-state index is 0.173. The third-order valence-electron chi connectivity index (χ3n) is 2.30. The van der Waals surface area contributed by atoms with Gasteiger partial charge in [-0.15, -0.1) is 11.6 Å². The Morgan fingerprint density at radius 2 is 1.93 bits per heavy atom. The summed E-state index contributed by atoms with van der Waals surface area (Å²) in [6.07, 6.45) is 0. The van der Waals surface area contributed by atoms with Gasteiger partial charge in [-0.2, -0.15) is 0 Å². The minimum atomic E-state index is -0.458. The summed E-state index contributed by atoms with van der Waals surface area (Å²) in [6.45, 7) is 1.75. The number of aromatic amines is 1. The largest absolute Gasteiger partial charge is 0.356 e. The van der Waals surface area contributed by atoms with Gasteiger partial charge in [0.05, 0.1) is 5.52 Å². The van der Waals surface area contributed by atoms with E-state index in [4.69, 9.17) is 11.6 Å². The molecule has 0 radical (unpaired) electrons. The predicted octanol–water partition coefficient (Wildman–Crippen LogP) is 3.49. The first kappa shape index (κ1) is 9.46. The highest BCUT2D eigenvalue weighted by Gasteiger charge is 2.14. The summed E-state index contributed by atoms with van der Waals surface area (Å²) in [5, 5.41) is 0.262. The highest BCUT2D eigenvalue weighted by atomic mass is 35.5. The van der Waals surface area contributed by atoms with Gasteiger partial charge in [-0.3, -0.25) is 0 Å². The molecule has 1 aromatic heterocycles.